The van der Waals surface area contributed by atoms with Crippen molar-refractivity contribution in [3.8, 4) is 23.0 Å². The van der Waals surface area contributed by atoms with Gasteiger partial charge >= 0.3 is 0 Å². The molecular formula is C18H20ClNO4S. The maximum absolute atomic E-state index is 6.28. The minimum absolute atomic E-state index is 0.244. The molecule has 0 bridgehead atoms. The zero-order valence-corrected chi connectivity index (χ0v) is 15.7. The number of nitrogens with two attached hydrogens (primary N) is 1. The molecule has 2 aromatic rings. The average molecular weight is 382 g/mol. The van der Waals surface area contributed by atoms with Crippen LogP contribution in [-0.4, -0.2) is 31.9 Å². The van der Waals surface area contributed by atoms with Gasteiger partial charge in [0.2, 0.25) is 0 Å². The second kappa shape index (κ2) is 9.34. The first kappa shape index (κ1) is 19.1. The standard InChI is InChI=1S/C18H20ClNO4S/c1-3-22-16-11-12(18(20)25)10-13(19)17(16)24-9-8-23-15-7-5-4-6-14(15)21-2/h4-7,10-11H,3,8-9H2,1-2H3,(H2,20,25). The second-order valence-electron chi connectivity index (χ2n) is 4.93. The van der Waals surface area contributed by atoms with Gasteiger partial charge in [0.05, 0.1) is 18.7 Å². The van der Waals surface area contributed by atoms with Crippen molar-refractivity contribution in [3.63, 3.8) is 0 Å². The first-order valence-electron chi connectivity index (χ1n) is 7.71. The van der Waals surface area contributed by atoms with E-state index < -0.39 is 0 Å². The van der Waals surface area contributed by atoms with Gasteiger partial charge in [-0.25, -0.2) is 0 Å². The smallest absolute Gasteiger partial charge is 0.179 e. The monoisotopic (exact) mass is 381 g/mol. The van der Waals surface area contributed by atoms with Crippen molar-refractivity contribution in [3.05, 3.63) is 47.0 Å². The van der Waals surface area contributed by atoms with E-state index in [1.54, 1.807) is 19.2 Å². The Morgan fingerprint density at radius 1 is 1.04 bits per heavy atom. The van der Waals surface area contributed by atoms with E-state index >= 15 is 0 Å². The van der Waals surface area contributed by atoms with E-state index in [1.165, 1.54) is 0 Å². The lowest BCUT2D eigenvalue weighted by molar-refractivity contribution is 0.203. The number of hydrogen-bond acceptors (Lipinski definition) is 5. The van der Waals surface area contributed by atoms with Crippen molar-refractivity contribution < 1.29 is 18.9 Å². The molecule has 0 aliphatic rings. The van der Waals surface area contributed by atoms with E-state index in [-0.39, 0.29) is 11.6 Å². The van der Waals surface area contributed by atoms with Gasteiger partial charge in [-0.15, -0.1) is 0 Å². The Hall–Kier alpha value is -2.18. The molecule has 25 heavy (non-hydrogen) atoms. The van der Waals surface area contributed by atoms with Crippen LogP contribution in [0.25, 0.3) is 0 Å². The minimum atomic E-state index is 0.244. The Morgan fingerprint density at radius 2 is 1.72 bits per heavy atom. The maximum Gasteiger partial charge on any atom is 0.179 e. The fourth-order valence-electron chi connectivity index (χ4n) is 2.15. The number of rotatable bonds is 9. The van der Waals surface area contributed by atoms with E-state index in [4.69, 9.17) is 48.5 Å². The van der Waals surface area contributed by atoms with Crippen LogP contribution in [0.3, 0.4) is 0 Å². The van der Waals surface area contributed by atoms with Crippen molar-refractivity contribution in [1.82, 2.24) is 0 Å². The normalized spacial score (nSPS) is 10.2. The number of ether oxygens (including phenoxy) is 4. The second-order valence-corrected chi connectivity index (χ2v) is 5.78. The summed E-state index contributed by atoms with van der Waals surface area (Å²) in [5.74, 6) is 2.24. The third-order valence-corrected chi connectivity index (χ3v) is 3.77. The third-order valence-electron chi connectivity index (χ3n) is 3.25. The van der Waals surface area contributed by atoms with Gasteiger partial charge in [-0.3, -0.25) is 0 Å². The van der Waals surface area contributed by atoms with Gasteiger partial charge in [0, 0.05) is 5.56 Å². The van der Waals surface area contributed by atoms with Gasteiger partial charge in [0.25, 0.3) is 0 Å². The molecule has 0 saturated heterocycles. The van der Waals surface area contributed by atoms with Crippen molar-refractivity contribution >= 4 is 28.8 Å². The van der Waals surface area contributed by atoms with Crippen molar-refractivity contribution in [1.29, 1.82) is 0 Å². The van der Waals surface area contributed by atoms with Crippen LogP contribution in [0.5, 0.6) is 23.0 Å². The molecule has 0 aromatic heterocycles. The number of para-hydroxylation sites is 2. The van der Waals surface area contributed by atoms with Crippen molar-refractivity contribution in [2.24, 2.45) is 5.73 Å². The van der Waals surface area contributed by atoms with Crippen LogP contribution in [0.2, 0.25) is 5.02 Å². The number of hydrogen-bond donors (Lipinski definition) is 1. The molecule has 0 heterocycles. The third kappa shape index (κ3) is 5.14. The van der Waals surface area contributed by atoms with Gasteiger partial charge in [-0.2, -0.15) is 0 Å². The molecule has 0 aliphatic carbocycles. The SMILES string of the molecule is CCOc1cc(C(N)=S)cc(Cl)c1OCCOc1ccccc1OC. The highest BCUT2D eigenvalue weighted by Gasteiger charge is 2.14. The Bertz CT molecular complexity index is 739. The summed E-state index contributed by atoms with van der Waals surface area (Å²) in [6.07, 6.45) is 0. The maximum atomic E-state index is 6.28. The number of thiocarbonyl (C=S) groups is 1. The van der Waals surface area contributed by atoms with Crippen LogP contribution >= 0.6 is 23.8 Å². The van der Waals surface area contributed by atoms with E-state index in [1.807, 2.05) is 31.2 Å². The highest BCUT2D eigenvalue weighted by atomic mass is 35.5. The molecule has 7 heteroatoms. The summed E-state index contributed by atoms with van der Waals surface area (Å²) < 4.78 is 22.2. The van der Waals surface area contributed by atoms with Crippen LogP contribution < -0.4 is 24.7 Å². The number of methoxy groups -OCH3 is 1. The molecule has 0 fully saturated rings. The topological polar surface area (TPSA) is 62.9 Å². The Kier molecular flexibility index (Phi) is 7.16. The molecule has 0 aliphatic heterocycles. The molecule has 0 spiro atoms. The fraction of sp³-hybridized carbons (Fsp3) is 0.278. The van der Waals surface area contributed by atoms with Crippen LogP contribution in [0.4, 0.5) is 0 Å². The molecule has 2 rings (SSSR count). The summed E-state index contributed by atoms with van der Waals surface area (Å²) >= 11 is 11.3. The lowest BCUT2D eigenvalue weighted by Crippen LogP contribution is -2.13. The number of benzene rings is 2. The van der Waals surface area contributed by atoms with E-state index in [2.05, 4.69) is 0 Å². The molecule has 0 amide bonds. The van der Waals surface area contributed by atoms with Crippen LogP contribution in [0.15, 0.2) is 36.4 Å². The van der Waals surface area contributed by atoms with Crippen molar-refractivity contribution in [2.75, 3.05) is 26.9 Å². The van der Waals surface area contributed by atoms with Crippen LogP contribution in [0.1, 0.15) is 12.5 Å². The lowest BCUT2D eigenvalue weighted by Gasteiger charge is -2.15. The first-order chi connectivity index (χ1) is 12.1. The van der Waals surface area contributed by atoms with E-state index in [0.29, 0.717) is 46.8 Å². The summed E-state index contributed by atoms with van der Waals surface area (Å²) in [6.45, 7) is 2.94. The molecule has 2 N–H and O–H groups in total. The highest BCUT2D eigenvalue weighted by Crippen LogP contribution is 2.36. The van der Waals surface area contributed by atoms with Gasteiger partial charge in [0.1, 0.15) is 18.2 Å². The van der Waals surface area contributed by atoms with Crippen molar-refractivity contribution in [2.45, 2.75) is 6.92 Å². The van der Waals surface area contributed by atoms with Crippen LogP contribution in [-0.2, 0) is 0 Å². The summed E-state index contributed by atoms with van der Waals surface area (Å²) in [5, 5.41) is 0.381. The molecule has 0 unspecified atom stereocenters. The van der Waals surface area contributed by atoms with Gasteiger partial charge in [0.15, 0.2) is 23.0 Å². The Balaban J connectivity index is 2.03. The largest absolute Gasteiger partial charge is 0.493 e. The quantitative estimate of drug-likeness (QED) is 0.526. The van der Waals surface area contributed by atoms with Crippen LogP contribution in [0, 0.1) is 0 Å². The van der Waals surface area contributed by atoms with E-state index in [9.17, 15) is 0 Å². The average Bonchev–Trinajstić information content (AvgIpc) is 2.60. The molecular weight excluding hydrogens is 362 g/mol. The Labute approximate surface area is 157 Å². The van der Waals surface area contributed by atoms with Gasteiger partial charge in [-0.1, -0.05) is 36.0 Å². The molecule has 0 radical (unpaired) electrons. The lowest BCUT2D eigenvalue weighted by atomic mass is 10.2. The summed E-state index contributed by atoms with van der Waals surface area (Å²) in [4.78, 5) is 0.244. The highest BCUT2D eigenvalue weighted by molar-refractivity contribution is 7.80. The zero-order valence-electron chi connectivity index (χ0n) is 14.1. The molecule has 0 atom stereocenters. The predicted molar refractivity (Wildman–Crippen MR) is 102 cm³/mol. The molecule has 2 aromatic carbocycles. The van der Waals surface area contributed by atoms with E-state index in [0.717, 1.165) is 0 Å². The minimum Gasteiger partial charge on any atom is -0.493 e. The Morgan fingerprint density at radius 3 is 2.36 bits per heavy atom. The summed E-state index contributed by atoms with van der Waals surface area (Å²) in [7, 11) is 1.59. The molecule has 5 nitrogen and oxygen atoms in total. The predicted octanol–water partition coefficient (Wildman–Crippen LogP) is 3.84. The first-order valence-corrected chi connectivity index (χ1v) is 8.50. The molecule has 134 valence electrons. The zero-order chi connectivity index (χ0) is 18.2. The summed E-state index contributed by atoms with van der Waals surface area (Å²) in [5.41, 5.74) is 6.28. The van der Waals surface area contributed by atoms with Gasteiger partial charge < -0.3 is 24.7 Å². The number of halogens is 1. The summed E-state index contributed by atoms with van der Waals surface area (Å²) in [6, 6.07) is 10.8. The van der Waals surface area contributed by atoms with Gasteiger partial charge in [-0.05, 0) is 31.2 Å². The molecule has 0 saturated carbocycles. The fourth-order valence-corrected chi connectivity index (χ4v) is 2.53.